The summed E-state index contributed by atoms with van der Waals surface area (Å²) in [4.78, 5) is 27.2. The molecule has 0 aliphatic heterocycles. The molecule has 0 aliphatic carbocycles. The number of aromatic amines is 2. The highest BCUT2D eigenvalue weighted by atomic mass is 35.5. The van der Waals surface area contributed by atoms with Crippen molar-refractivity contribution in [1.82, 2.24) is 20.5 Å². The normalized spacial score (nSPS) is 11.8. The number of aliphatic carboxylic acids is 1. The van der Waals surface area contributed by atoms with Crippen LogP contribution in [-0.4, -0.2) is 32.2 Å². The molecule has 0 aliphatic rings. The summed E-state index contributed by atoms with van der Waals surface area (Å²) in [5.41, 5.74) is 3.86. The van der Waals surface area contributed by atoms with Crippen molar-refractivity contribution in [3.63, 3.8) is 0 Å². The monoisotopic (exact) mass is 420 g/mol. The van der Waals surface area contributed by atoms with Crippen molar-refractivity contribution in [2.45, 2.75) is 6.04 Å². The number of carbonyl (C=O) groups excluding carboxylic acids is 1. The van der Waals surface area contributed by atoms with E-state index in [2.05, 4.69) is 20.5 Å². The Labute approximate surface area is 176 Å². The Balaban J connectivity index is 1.59. The van der Waals surface area contributed by atoms with Gasteiger partial charge in [0, 0.05) is 22.3 Å². The quantitative estimate of drug-likeness (QED) is 0.373. The highest BCUT2D eigenvalue weighted by Crippen LogP contribution is 2.31. The lowest BCUT2D eigenvalue weighted by molar-refractivity contribution is -0.139. The number of H-pyrrole nitrogens is 2. The van der Waals surface area contributed by atoms with E-state index in [1.165, 1.54) is 0 Å². The third-order valence-corrected chi connectivity index (χ3v) is 4.88. The second-order valence-electron chi connectivity index (χ2n) is 6.63. The van der Waals surface area contributed by atoms with Gasteiger partial charge in [0.05, 0.1) is 11.9 Å². The van der Waals surface area contributed by atoms with Gasteiger partial charge in [0.2, 0.25) is 0 Å². The molecule has 2 heterocycles. The van der Waals surface area contributed by atoms with Gasteiger partial charge in [0.1, 0.15) is 5.69 Å². The topological polar surface area (TPSA) is 111 Å². The first-order valence-corrected chi connectivity index (χ1v) is 9.47. The van der Waals surface area contributed by atoms with Crippen LogP contribution in [0.4, 0.5) is 0 Å². The molecule has 8 heteroatoms. The van der Waals surface area contributed by atoms with Crippen LogP contribution in [-0.2, 0) is 4.79 Å². The molecule has 30 heavy (non-hydrogen) atoms. The minimum absolute atomic E-state index is 0.235. The minimum Gasteiger partial charge on any atom is -0.479 e. The molecule has 4 N–H and O–H groups in total. The van der Waals surface area contributed by atoms with Crippen molar-refractivity contribution < 1.29 is 14.7 Å². The lowest BCUT2D eigenvalue weighted by Crippen LogP contribution is -2.33. The average molecular weight is 421 g/mol. The third kappa shape index (κ3) is 3.97. The summed E-state index contributed by atoms with van der Waals surface area (Å²) < 4.78 is 0. The first-order valence-electron chi connectivity index (χ1n) is 9.09. The first kappa shape index (κ1) is 19.5. The number of benzene rings is 2. The number of hydrogen-bond donors (Lipinski definition) is 4. The molecule has 0 unspecified atom stereocenters. The zero-order chi connectivity index (χ0) is 21.1. The second-order valence-corrected chi connectivity index (χ2v) is 7.06. The first-order chi connectivity index (χ1) is 14.5. The summed E-state index contributed by atoms with van der Waals surface area (Å²) in [7, 11) is 0. The number of carboxylic acids is 1. The van der Waals surface area contributed by atoms with E-state index in [0.717, 1.165) is 11.1 Å². The fourth-order valence-electron chi connectivity index (χ4n) is 3.19. The van der Waals surface area contributed by atoms with Crippen LogP contribution in [0.3, 0.4) is 0 Å². The molecule has 0 fully saturated rings. The molecule has 1 amide bonds. The van der Waals surface area contributed by atoms with Crippen LogP contribution in [0.2, 0.25) is 5.02 Å². The predicted molar refractivity (Wildman–Crippen MR) is 113 cm³/mol. The number of carboxylic acid groups (broad SMARTS) is 1. The van der Waals surface area contributed by atoms with E-state index in [1.54, 1.807) is 54.9 Å². The van der Waals surface area contributed by atoms with E-state index in [0.29, 0.717) is 21.8 Å². The van der Waals surface area contributed by atoms with Crippen molar-refractivity contribution in [3.8, 4) is 22.4 Å². The fourth-order valence-corrected chi connectivity index (χ4v) is 3.38. The third-order valence-electron chi connectivity index (χ3n) is 4.65. The van der Waals surface area contributed by atoms with Crippen LogP contribution >= 0.6 is 11.6 Å². The Morgan fingerprint density at radius 1 is 1.03 bits per heavy atom. The SMILES string of the molecule is O=C(N[C@H](C(=O)O)c1ccccc1)c1cc(-c2[nH]ncc2-c2cccc(Cl)c2)c[nH]1. The molecule has 4 aromatic rings. The number of hydrogen-bond acceptors (Lipinski definition) is 3. The highest BCUT2D eigenvalue weighted by molar-refractivity contribution is 6.30. The van der Waals surface area contributed by atoms with Crippen LogP contribution in [0.15, 0.2) is 73.1 Å². The zero-order valence-electron chi connectivity index (χ0n) is 15.6. The molecule has 0 saturated carbocycles. The van der Waals surface area contributed by atoms with E-state index in [1.807, 2.05) is 18.2 Å². The summed E-state index contributed by atoms with van der Waals surface area (Å²) in [6.07, 6.45) is 3.35. The van der Waals surface area contributed by atoms with E-state index >= 15 is 0 Å². The molecule has 1 atom stereocenters. The number of amides is 1. The largest absolute Gasteiger partial charge is 0.479 e. The van der Waals surface area contributed by atoms with Crippen LogP contribution < -0.4 is 5.32 Å². The molecule has 4 rings (SSSR count). The summed E-state index contributed by atoms with van der Waals surface area (Å²) in [6, 6.07) is 16.4. The molecule has 2 aromatic carbocycles. The number of nitrogens with one attached hydrogen (secondary N) is 3. The maximum absolute atomic E-state index is 12.7. The van der Waals surface area contributed by atoms with Crippen LogP contribution in [0.1, 0.15) is 22.1 Å². The Bertz CT molecular complexity index is 1200. The zero-order valence-corrected chi connectivity index (χ0v) is 16.4. The smallest absolute Gasteiger partial charge is 0.330 e. The van der Waals surface area contributed by atoms with Crippen LogP contribution in [0.5, 0.6) is 0 Å². The summed E-state index contributed by atoms with van der Waals surface area (Å²) >= 11 is 6.09. The van der Waals surface area contributed by atoms with E-state index in [-0.39, 0.29) is 5.69 Å². The van der Waals surface area contributed by atoms with Gasteiger partial charge in [-0.1, -0.05) is 54.1 Å². The summed E-state index contributed by atoms with van der Waals surface area (Å²) in [6.45, 7) is 0. The number of rotatable bonds is 6. The highest BCUT2D eigenvalue weighted by Gasteiger charge is 2.23. The van der Waals surface area contributed by atoms with Crippen molar-refractivity contribution in [1.29, 1.82) is 0 Å². The van der Waals surface area contributed by atoms with Gasteiger partial charge in [-0.3, -0.25) is 9.89 Å². The van der Waals surface area contributed by atoms with Gasteiger partial charge in [-0.15, -0.1) is 0 Å². The van der Waals surface area contributed by atoms with E-state index < -0.39 is 17.9 Å². The molecule has 0 saturated heterocycles. The molecule has 150 valence electrons. The van der Waals surface area contributed by atoms with Crippen LogP contribution in [0, 0.1) is 0 Å². The minimum atomic E-state index is -1.15. The van der Waals surface area contributed by atoms with Crippen molar-refractivity contribution >= 4 is 23.5 Å². The standard InChI is InChI=1S/C22H17ClN4O3/c23-16-8-4-7-14(9-16)17-12-25-27-19(17)15-10-18(24-11-15)21(28)26-20(22(29)30)13-5-2-1-3-6-13/h1-12,20,24H,(H,25,27)(H,26,28)(H,29,30)/t20-/m0/s1. The van der Waals surface area contributed by atoms with Gasteiger partial charge in [-0.25, -0.2) is 4.79 Å². The van der Waals surface area contributed by atoms with Gasteiger partial charge in [-0.2, -0.15) is 5.10 Å². The number of aromatic nitrogens is 3. The fraction of sp³-hybridized carbons (Fsp3) is 0.0455. The van der Waals surface area contributed by atoms with E-state index in [4.69, 9.17) is 11.6 Å². The van der Waals surface area contributed by atoms with Gasteiger partial charge in [0.15, 0.2) is 6.04 Å². The van der Waals surface area contributed by atoms with Crippen LogP contribution in [0.25, 0.3) is 22.4 Å². The Kier molecular flexibility index (Phi) is 5.36. The molecular weight excluding hydrogens is 404 g/mol. The van der Waals surface area contributed by atoms with Gasteiger partial charge in [-0.05, 0) is 29.3 Å². The molecule has 0 spiro atoms. The number of halogens is 1. The van der Waals surface area contributed by atoms with Gasteiger partial charge >= 0.3 is 5.97 Å². The second kappa shape index (κ2) is 8.26. The number of carbonyl (C=O) groups is 2. The lowest BCUT2D eigenvalue weighted by atomic mass is 10.0. The summed E-state index contributed by atoms with van der Waals surface area (Å²) in [5, 5.41) is 19.7. The average Bonchev–Trinajstić information content (AvgIpc) is 3.41. The Morgan fingerprint density at radius 2 is 1.83 bits per heavy atom. The molecule has 2 aromatic heterocycles. The molecular formula is C22H17ClN4O3. The Hall–Kier alpha value is -3.84. The molecule has 0 bridgehead atoms. The van der Waals surface area contributed by atoms with Gasteiger partial charge < -0.3 is 15.4 Å². The Morgan fingerprint density at radius 3 is 2.57 bits per heavy atom. The predicted octanol–water partition coefficient (Wildman–Crippen LogP) is 4.28. The van der Waals surface area contributed by atoms with Crippen molar-refractivity contribution in [3.05, 3.63) is 89.3 Å². The maximum atomic E-state index is 12.7. The van der Waals surface area contributed by atoms with Crippen molar-refractivity contribution in [2.24, 2.45) is 0 Å². The maximum Gasteiger partial charge on any atom is 0.330 e. The van der Waals surface area contributed by atoms with Gasteiger partial charge in [0.25, 0.3) is 5.91 Å². The summed E-state index contributed by atoms with van der Waals surface area (Å²) in [5.74, 6) is -1.67. The van der Waals surface area contributed by atoms with Crippen molar-refractivity contribution in [2.75, 3.05) is 0 Å². The lowest BCUT2D eigenvalue weighted by Gasteiger charge is -2.14. The molecule has 7 nitrogen and oxygen atoms in total. The number of nitrogens with zero attached hydrogens (tertiary/aromatic N) is 1. The molecule has 0 radical (unpaired) electrons. The van der Waals surface area contributed by atoms with E-state index in [9.17, 15) is 14.7 Å².